The van der Waals surface area contributed by atoms with E-state index in [1.165, 1.54) is 12.0 Å². The molecule has 1 aromatic carbocycles. The number of hydrogen-bond donors (Lipinski definition) is 1. The minimum absolute atomic E-state index is 0.538. The number of ether oxygens (including phenoxy) is 1. The Bertz CT molecular complexity index is 294. The summed E-state index contributed by atoms with van der Waals surface area (Å²) in [5.41, 5.74) is 1.37. The minimum Gasteiger partial charge on any atom is -0.497 e. The van der Waals surface area contributed by atoms with Gasteiger partial charge in [0.2, 0.25) is 0 Å². The molecule has 0 saturated carbocycles. The molecule has 0 bridgehead atoms. The fraction of sp³-hybridized carbons (Fsp3) is 0.500. The molecular formula is C12H17NO. The van der Waals surface area contributed by atoms with Crippen LogP contribution < -0.4 is 10.1 Å². The van der Waals surface area contributed by atoms with Crippen LogP contribution >= 0.6 is 0 Å². The lowest BCUT2D eigenvalue weighted by molar-refractivity contribution is 0.414. The van der Waals surface area contributed by atoms with Gasteiger partial charge in [0.15, 0.2) is 0 Å². The molecule has 0 unspecified atom stereocenters. The maximum Gasteiger partial charge on any atom is 0.118 e. The van der Waals surface area contributed by atoms with Crippen molar-refractivity contribution < 1.29 is 4.74 Å². The third-order valence-electron chi connectivity index (χ3n) is 2.87. The van der Waals surface area contributed by atoms with Crippen molar-refractivity contribution in [2.75, 3.05) is 13.7 Å². The fourth-order valence-corrected chi connectivity index (χ4v) is 2.00. The van der Waals surface area contributed by atoms with Gasteiger partial charge in [0.1, 0.15) is 5.75 Å². The molecule has 2 nitrogen and oxygen atoms in total. The molecule has 0 aromatic heterocycles. The molecule has 1 heterocycles. The summed E-state index contributed by atoms with van der Waals surface area (Å²) in [6.07, 6.45) is 1.24. The summed E-state index contributed by atoms with van der Waals surface area (Å²) in [5, 5.41) is 3.52. The van der Waals surface area contributed by atoms with Crippen LogP contribution in [0.2, 0.25) is 0 Å². The van der Waals surface area contributed by atoms with Crippen LogP contribution in [-0.4, -0.2) is 13.7 Å². The summed E-state index contributed by atoms with van der Waals surface area (Å²) in [6.45, 7) is 3.42. The Morgan fingerprint density at radius 2 is 2.00 bits per heavy atom. The molecule has 2 atom stereocenters. The first-order chi connectivity index (χ1) is 6.79. The normalized spacial score (nSPS) is 26.4. The van der Waals surface area contributed by atoms with Crippen LogP contribution in [0.4, 0.5) is 0 Å². The highest BCUT2D eigenvalue weighted by atomic mass is 16.5. The van der Waals surface area contributed by atoms with Crippen LogP contribution in [0.5, 0.6) is 5.75 Å². The first-order valence-electron chi connectivity index (χ1n) is 5.17. The highest BCUT2D eigenvalue weighted by Crippen LogP contribution is 2.27. The van der Waals surface area contributed by atoms with E-state index in [0.29, 0.717) is 6.04 Å². The zero-order chi connectivity index (χ0) is 9.97. The molecule has 0 aliphatic carbocycles. The van der Waals surface area contributed by atoms with Gasteiger partial charge in [-0.2, -0.15) is 0 Å². The Kier molecular flexibility index (Phi) is 2.73. The van der Waals surface area contributed by atoms with Gasteiger partial charge in [0.25, 0.3) is 0 Å². The molecule has 2 rings (SSSR count). The van der Waals surface area contributed by atoms with Gasteiger partial charge >= 0.3 is 0 Å². The summed E-state index contributed by atoms with van der Waals surface area (Å²) in [5.74, 6) is 1.72. The van der Waals surface area contributed by atoms with Crippen molar-refractivity contribution >= 4 is 0 Å². The van der Waals surface area contributed by atoms with E-state index in [-0.39, 0.29) is 0 Å². The quantitative estimate of drug-likeness (QED) is 0.775. The second-order valence-corrected chi connectivity index (χ2v) is 4.07. The van der Waals surface area contributed by atoms with E-state index >= 15 is 0 Å². The second-order valence-electron chi connectivity index (χ2n) is 4.07. The molecule has 1 aliphatic rings. The maximum atomic E-state index is 5.13. The molecule has 1 aromatic rings. The zero-order valence-corrected chi connectivity index (χ0v) is 8.79. The van der Waals surface area contributed by atoms with Crippen LogP contribution in [-0.2, 0) is 0 Å². The van der Waals surface area contributed by atoms with E-state index in [4.69, 9.17) is 4.74 Å². The molecular weight excluding hydrogens is 174 g/mol. The van der Waals surface area contributed by atoms with Crippen molar-refractivity contribution in [2.24, 2.45) is 5.92 Å². The lowest BCUT2D eigenvalue weighted by Gasteiger charge is -2.10. The van der Waals surface area contributed by atoms with Gasteiger partial charge in [-0.3, -0.25) is 0 Å². The highest BCUT2D eigenvalue weighted by Gasteiger charge is 2.21. The van der Waals surface area contributed by atoms with Crippen LogP contribution in [0, 0.1) is 5.92 Å². The third-order valence-corrected chi connectivity index (χ3v) is 2.87. The summed E-state index contributed by atoms with van der Waals surface area (Å²) in [7, 11) is 1.70. The van der Waals surface area contributed by atoms with Crippen LogP contribution in [0.3, 0.4) is 0 Å². The molecule has 1 aliphatic heterocycles. The van der Waals surface area contributed by atoms with Crippen molar-refractivity contribution in [2.45, 2.75) is 19.4 Å². The monoisotopic (exact) mass is 191 g/mol. The molecule has 0 radical (unpaired) electrons. The van der Waals surface area contributed by atoms with Gasteiger partial charge < -0.3 is 10.1 Å². The van der Waals surface area contributed by atoms with Crippen molar-refractivity contribution in [3.63, 3.8) is 0 Å². The summed E-state index contributed by atoms with van der Waals surface area (Å²) < 4.78 is 5.13. The molecule has 14 heavy (non-hydrogen) atoms. The highest BCUT2D eigenvalue weighted by molar-refractivity contribution is 5.29. The first-order valence-corrected chi connectivity index (χ1v) is 5.17. The van der Waals surface area contributed by atoms with E-state index in [1.54, 1.807) is 7.11 Å². The fourth-order valence-electron chi connectivity index (χ4n) is 2.00. The molecule has 1 fully saturated rings. The van der Waals surface area contributed by atoms with Gasteiger partial charge in [-0.05, 0) is 36.6 Å². The molecule has 0 spiro atoms. The Labute approximate surface area is 85.3 Å². The average Bonchev–Trinajstić information content (AvgIpc) is 2.65. The van der Waals surface area contributed by atoms with Crippen molar-refractivity contribution in [3.05, 3.63) is 29.8 Å². The van der Waals surface area contributed by atoms with Gasteiger partial charge in [-0.25, -0.2) is 0 Å². The van der Waals surface area contributed by atoms with Crippen LogP contribution in [0.1, 0.15) is 24.9 Å². The number of benzene rings is 1. The summed E-state index contributed by atoms with van der Waals surface area (Å²) in [4.78, 5) is 0. The summed E-state index contributed by atoms with van der Waals surface area (Å²) in [6, 6.07) is 8.89. The van der Waals surface area contributed by atoms with Gasteiger partial charge in [0.05, 0.1) is 7.11 Å². The third kappa shape index (κ3) is 1.90. The van der Waals surface area contributed by atoms with Crippen LogP contribution in [0.25, 0.3) is 0 Å². The van der Waals surface area contributed by atoms with E-state index in [0.717, 1.165) is 18.2 Å². The SMILES string of the molecule is COc1ccc([C@H]2C[C@H](C)CN2)cc1. The van der Waals surface area contributed by atoms with Crippen LogP contribution in [0.15, 0.2) is 24.3 Å². The van der Waals surface area contributed by atoms with Gasteiger partial charge in [-0.1, -0.05) is 19.1 Å². The van der Waals surface area contributed by atoms with E-state index in [1.807, 2.05) is 12.1 Å². The average molecular weight is 191 g/mol. The van der Waals surface area contributed by atoms with E-state index in [9.17, 15) is 0 Å². The smallest absolute Gasteiger partial charge is 0.118 e. The molecule has 1 saturated heterocycles. The molecule has 1 N–H and O–H groups in total. The summed E-state index contributed by atoms with van der Waals surface area (Å²) >= 11 is 0. The molecule has 0 amide bonds. The maximum absolute atomic E-state index is 5.13. The van der Waals surface area contributed by atoms with E-state index in [2.05, 4.69) is 24.4 Å². The lowest BCUT2D eigenvalue weighted by atomic mass is 10.0. The molecule has 76 valence electrons. The van der Waals surface area contributed by atoms with Gasteiger partial charge in [0, 0.05) is 6.04 Å². The Morgan fingerprint density at radius 1 is 1.29 bits per heavy atom. The predicted molar refractivity (Wildman–Crippen MR) is 57.5 cm³/mol. The zero-order valence-electron chi connectivity index (χ0n) is 8.79. The number of hydrogen-bond acceptors (Lipinski definition) is 2. The Hall–Kier alpha value is -1.02. The van der Waals surface area contributed by atoms with Crippen molar-refractivity contribution in [3.8, 4) is 5.75 Å². The minimum atomic E-state index is 0.538. The Balaban J connectivity index is 2.09. The lowest BCUT2D eigenvalue weighted by Crippen LogP contribution is -2.13. The van der Waals surface area contributed by atoms with E-state index < -0.39 is 0 Å². The van der Waals surface area contributed by atoms with Crippen molar-refractivity contribution in [1.82, 2.24) is 5.32 Å². The largest absolute Gasteiger partial charge is 0.497 e. The topological polar surface area (TPSA) is 21.3 Å². The molecule has 2 heteroatoms. The van der Waals surface area contributed by atoms with Gasteiger partial charge in [-0.15, -0.1) is 0 Å². The number of methoxy groups -OCH3 is 1. The number of nitrogens with one attached hydrogen (secondary N) is 1. The standard InChI is InChI=1S/C12H17NO/c1-9-7-12(13-8-9)10-3-5-11(14-2)6-4-10/h3-6,9,12-13H,7-8H2,1-2H3/t9-,12+/m0/s1. The second kappa shape index (κ2) is 4.01. The predicted octanol–water partition coefficient (Wildman–Crippen LogP) is 2.37. The number of rotatable bonds is 2. The van der Waals surface area contributed by atoms with Crippen molar-refractivity contribution in [1.29, 1.82) is 0 Å². The Morgan fingerprint density at radius 3 is 2.50 bits per heavy atom. The first kappa shape index (κ1) is 9.53.